The first kappa shape index (κ1) is 15.7. The average Bonchev–Trinajstić information content (AvgIpc) is 2.92. The Morgan fingerprint density at radius 2 is 2.00 bits per heavy atom. The smallest absolute Gasteiger partial charge is 0.292 e. The normalized spacial score (nSPS) is 18.9. The summed E-state index contributed by atoms with van der Waals surface area (Å²) >= 11 is 0. The van der Waals surface area contributed by atoms with Crippen molar-refractivity contribution < 1.29 is 9.32 Å². The van der Waals surface area contributed by atoms with Crippen molar-refractivity contribution in [2.75, 3.05) is 27.2 Å². The molecule has 5 heteroatoms. The first-order valence-electron chi connectivity index (χ1n) is 8.13. The first-order valence-corrected chi connectivity index (χ1v) is 8.13. The molecule has 1 aromatic carbocycles. The van der Waals surface area contributed by atoms with Crippen LogP contribution in [0.3, 0.4) is 0 Å². The van der Waals surface area contributed by atoms with Gasteiger partial charge in [-0.1, -0.05) is 35.5 Å². The van der Waals surface area contributed by atoms with Crippen molar-refractivity contribution in [2.45, 2.75) is 25.3 Å². The van der Waals surface area contributed by atoms with Crippen LogP contribution in [0.5, 0.6) is 0 Å². The molecular weight excluding hydrogens is 290 g/mol. The van der Waals surface area contributed by atoms with Gasteiger partial charge in [0.05, 0.1) is 0 Å². The highest BCUT2D eigenvalue weighted by molar-refractivity contribution is 5.92. The van der Waals surface area contributed by atoms with Gasteiger partial charge < -0.3 is 14.3 Å². The Balaban J connectivity index is 1.70. The molecule has 1 amide bonds. The van der Waals surface area contributed by atoms with Gasteiger partial charge in [0, 0.05) is 30.8 Å². The molecular formula is C18H23N3O2. The predicted octanol–water partition coefficient (Wildman–Crippen LogP) is 2.90. The average molecular weight is 313 g/mol. The number of carbonyl (C=O) groups excluding carboxylic acids is 1. The van der Waals surface area contributed by atoms with E-state index in [0.717, 1.165) is 37.9 Å². The SMILES string of the molecule is CN(C)[C@@H]1CCCN(C(=O)c2cc(-c3ccccc3)no2)CC1. The number of nitrogens with zero attached hydrogens (tertiary/aromatic N) is 3. The molecule has 3 rings (SSSR count). The summed E-state index contributed by atoms with van der Waals surface area (Å²) in [6.07, 6.45) is 3.15. The van der Waals surface area contributed by atoms with Crippen molar-refractivity contribution >= 4 is 5.91 Å². The molecule has 0 spiro atoms. The largest absolute Gasteiger partial charge is 0.350 e. The lowest BCUT2D eigenvalue weighted by Gasteiger charge is -2.22. The van der Waals surface area contributed by atoms with Crippen LogP contribution in [0.15, 0.2) is 40.9 Å². The van der Waals surface area contributed by atoms with Crippen LogP contribution in [0.4, 0.5) is 0 Å². The number of benzene rings is 1. The number of rotatable bonds is 3. The molecule has 0 radical (unpaired) electrons. The summed E-state index contributed by atoms with van der Waals surface area (Å²) in [5.74, 6) is 0.270. The van der Waals surface area contributed by atoms with E-state index < -0.39 is 0 Å². The second-order valence-corrected chi connectivity index (χ2v) is 6.28. The van der Waals surface area contributed by atoms with E-state index in [1.165, 1.54) is 0 Å². The summed E-state index contributed by atoms with van der Waals surface area (Å²) in [5, 5.41) is 4.04. The molecule has 1 saturated heterocycles. The van der Waals surface area contributed by atoms with Crippen LogP contribution >= 0.6 is 0 Å². The van der Waals surface area contributed by atoms with Crippen molar-refractivity contribution in [2.24, 2.45) is 0 Å². The van der Waals surface area contributed by atoms with E-state index in [0.29, 0.717) is 17.5 Å². The lowest BCUT2D eigenvalue weighted by Crippen LogP contribution is -2.33. The fourth-order valence-corrected chi connectivity index (χ4v) is 3.08. The summed E-state index contributed by atoms with van der Waals surface area (Å²) in [4.78, 5) is 16.8. The number of aromatic nitrogens is 1. The zero-order valence-corrected chi connectivity index (χ0v) is 13.7. The highest BCUT2D eigenvalue weighted by Gasteiger charge is 2.25. The van der Waals surface area contributed by atoms with Crippen molar-refractivity contribution in [3.8, 4) is 11.3 Å². The van der Waals surface area contributed by atoms with E-state index in [2.05, 4.69) is 24.2 Å². The van der Waals surface area contributed by atoms with Gasteiger partial charge in [-0.15, -0.1) is 0 Å². The second-order valence-electron chi connectivity index (χ2n) is 6.28. The quantitative estimate of drug-likeness (QED) is 0.874. The Morgan fingerprint density at radius 3 is 2.74 bits per heavy atom. The van der Waals surface area contributed by atoms with Gasteiger partial charge in [-0.2, -0.15) is 0 Å². The standard InChI is InChI=1S/C18H23N3O2/c1-20(2)15-9-6-11-21(12-10-15)18(22)17-13-16(19-23-17)14-7-4-3-5-8-14/h3-5,7-8,13,15H,6,9-12H2,1-2H3/t15-/m1/s1. The molecule has 0 N–H and O–H groups in total. The van der Waals surface area contributed by atoms with Crippen molar-refractivity contribution in [1.82, 2.24) is 15.0 Å². The Morgan fingerprint density at radius 1 is 1.22 bits per heavy atom. The van der Waals surface area contributed by atoms with E-state index in [1.54, 1.807) is 6.07 Å². The van der Waals surface area contributed by atoms with Gasteiger partial charge in [0.2, 0.25) is 5.76 Å². The third-order valence-corrected chi connectivity index (χ3v) is 4.51. The summed E-state index contributed by atoms with van der Waals surface area (Å²) < 4.78 is 5.30. The van der Waals surface area contributed by atoms with Crippen LogP contribution in [0.2, 0.25) is 0 Å². The molecule has 2 aromatic rings. The van der Waals surface area contributed by atoms with E-state index in [4.69, 9.17) is 4.52 Å². The molecule has 1 aliphatic rings. The van der Waals surface area contributed by atoms with E-state index >= 15 is 0 Å². The Bertz CT molecular complexity index is 651. The van der Waals surface area contributed by atoms with Crippen LogP contribution in [0, 0.1) is 0 Å². The fraction of sp³-hybridized carbons (Fsp3) is 0.444. The molecule has 1 aliphatic heterocycles. The first-order chi connectivity index (χ1) is 11.1. The molecule has 1 atom stereocenters. The lowest BCUT2D eigenvalue weighted by molar-refractivity contribution is 0.0717. The van der Waals surface area contributed by atoms with Gasteiger partial charge in [-0.3, -0.25) is 4.79 Å². The van der Waals surface area contributed by atoms with E-state index in [1.807, 2.05) is 35.2 Å². The van der Waals surface area contributed by atoms with E-state index in [9.17, 15) is 4.79 Å². The summed E-state index contributed by atoms with van der Waals surface area (Å²) in [6.45, 7) is 1.55. The van der Waals surface area contributed by atoms with Crippen molar-refractivity contribution in [3.63, 3.8) is 0 Å². The fourth-order valence-electron chi connectivity index (χ4n) is 3.08. The van der Waals surface area contributed by atoms with Gasteiger partial charge in [-0.25, -0.2) is 0 Å². The van der Waals surface area contributed by atoms with E-state index in [-0.39, 0.29) is 5.91 Å². The van der Waals surface area contributed by atoms with Crippen LogP contribution < -0.4 is 0 Å². The molecule has 0 bridgehead atoms. The predicted molar refractivity (Wildman–Crippen MR) is 89.2 cm³/mol. The topological polar surface area (TPSA) is 49.6 Å². The Kier molecular flexibility index (Phi) is 4.76. The van der Waals surface area contributed by atoms with Gasteiger partial charge in [0.15, 0.2) is 0 Å². The highest BCUT2D eigenvalue weighted by atomic mass is 16.5. The summed E-state index contributed by atoms with van der Waals surface area (Å²) in [7, 11) is 4.20. The molecule has 2 heterocycles. The third kappa shape index (κ3) is 3.62. The van der Waals surface area contributed by atoms with Crippen molar-refractivity contribution in [1.29, 1.82) is 0 Å². The third-order valence-electron chi connectivity index (χ3n) is 4.51. The summed E-state index contributed by atoms with van der Waals surface area (Å²) in [6, 6.07) is 12.0. The zero-order valence-electron chi connectivity index (χ0n) is 13.7. The number of likely N-dealkylation sites (tertiary alicyclic amines) is 1. The van der Waals surface area contributed by atoms with Crippen molar-refractivity contribution in [3.05, 3.63) is 42.2 Å². The molecule has 0 unspecified atom stereocenters. The van der Waals surface area contributed by atoms with Gasteiger partial charge in [0.1, 0.15) is 5.69 Å². The van der Waals surface area contributed by atoms with Gasteiger partial charge >= 0.3 is 0 Å². The maximum absolute atomic E-state index is 12.7. The van der Waals surface area contributed by atoms with Gasteiger partial charge in [0.25, 0.3) is 5.91 Å². The van der Waals surface area contributed by atoms with Crippen LogP contribution in [-0.4, -0.2) is 54.1 Å². The minimum atomic E-state index is -0.0564. The minimum absolute atomic E-state index is 0.0564. The van der Waals surface area contributed by atoms with Crippen LogP contribution in [0.25, 0.3) is 11.3 Å². The molecule has 5 nitrogen and oxygen atoms in total. The Hall–Kier alpha value is -2.14. The van der Waals surface area contributed by atoms with Gasteiger partial charge in [-0.05, 0) is 33.4 Å². The molecule has 1 fully saturated rings. The summed E-state index contributed by atoms with van der Waals surface area (Å²) in [5.41, 5.74) is 1.66. The molecule has 1 aromatic heterocycles. The number of hydrogen-bond acceptors (Lipinski definition) is 4. The monoisotopic (exact) mass is 313 g/mol. The number of hydrogen-bond donors (Lipinski definition) is 0. The molecule has 122 valence electrons. The van der Waals surface area contributed by atoms with Crippen LogP contribution in [-0.2, 0) is 0 Å². The number of amides is 1. The number of carbonyl (C=O) groups is 1. The Labute approximate surface area is 136 Å². The maximum Gasteiger partial charge on any atom is 0.292 e. The second kappa shape index (κ2) is 6.96. The zero-order chi connectivity index (χ0) is 16.2. The highest BCUT2D eigenvalue weighted by Crippen LogP contribution is 2.21. The van der Waals surface area contributed by atoms with Crippen LogP contribution in [0.1, 0.15) is 29.8 Å². The molecule has 0 aliphatic carbocycles. The molecule has 0 saturated carbocycles. The molecule has 23 heavy (non-hydrogen) atoms. The maximum atomic E-state index is 12.7. The lowest BCUT2D eigenvalue weighted by atomic mass is 10.1. The minimum Gasteiger partial charge on any atom is -0.350 e.